The number of nitrogens with two attached hydrogens (primary N) is 1. The first-order valence-electron chi connectivity index (χ1n) is 6.72. The van der Waals surface area contributed by atoms with Crippen LogP contribution in [0.1, 0.15) is 51.9 Å². The zero-order valence-electron chi connectivity index (χ0n) is 11.1. The summed E-state index contributed by atoms with van der Waals surface area (Å²) < 4.78 is 0. The highest BCUT2D eigenvalue weighted by molar-refractivity contribution is 5.85. The topological polar surface area (TPSA) is 66.6 Å². The van der Waals surface area contributed by atoms with Crippen LogP contribution in [0.5, 0.6) is 0 Å². The van der Waals surface area contributed by atoms with Crippen LogP contribution in [-0.4, -0.2) is 41.1 Å². The van der Waals surface area contributed by atoms with Gasteiger partial charge in [0.2, 0.25) is 5.91 Å². The molecule has 1 saturated heterocycles. The van der Waals surface area contributed by atoms with Crippen LogP contribution < -0.4 is 5.73 Å². The average molecular weight is 242 g/mol. The fraction of sp³-hybridized carbons (Fsp3) is 0.923. The summed E-state index contributed by atoms with van der Waals surface area (Å²) >= 11 is 0. The molecule has 0 aromatic rings. The molecule has 4 heteroatoms. The monoisotopic (exact) mass is 242 g/mol. The van der Waals surface area contributed by atoms with Crippen LogP contribution >= 0.6 is 0 Å². The van der Waals surface area contributed by atoms with Crippen LogP contribution in [-0.2, 0) is 4.79 Å². The SMILES string of the molecule is CCCCCCCC1(C(N)=O)CC(O)CN1C. The summed E-state index contributed by atoms with van der Waals surface area (Å²) in [5, 5.41) is 9.68. The van der Waals surface area contributed by atoms with Crippen molar-refractivity contribution >= 4 is 5.91 Å². The molecule has 0 aromatic heterocycles. The van der Waals surface area contributed by atoms with Crippen molar-refractivity contribution in [1.82, 2.24) is 4.90 Å². The Kier molecular flexibility index (Phi) is 5.40. The predicted molar refractivity (Wildman–Crippen MR) is 68.6 cm³/mol. The van der Waals surface area contributed by atoms with E-state index in [0.29, 0.717) is 13.0 Å². The standard InChI is InChI=1S/C13H26N2O2/c1-3-4-5-6-7-8-13(12(14)17)9-11(16)10-15(13)2/h11,16H,3-10H2,1-2H3,(H2,14,17). The summed E-state index contributed by atoms with van der Waals surface area (Å²) in [6.45, 7) is 2.74. The van der Waals surface area contributed by atoms with Crippen molar-refractivity contribution in [3.05, 3.63) is 0 Å². The minimum atomic E-state index is -0.606. The molecule has 1 amide bonds. The number of primary amides is 1. The molecule has 1 heterocycles. The number of aliphatic hydroxyl groups is 1. The Morgan fingerprint density at radius 2 is 2.06 bits per heavy atom. The quantitative estimate of drug-likeness (QED) is 0.661. The van der Waals surface area contributed by atoms with Crippen molar-refractivity contribution in [3.8, 4) is 0 Å². The third-order valence-corrected chi connectivity index (χ3v) is 3.94. The van der Waals surface area contributed by atoms with Gasteiger partial charge in [-0.05, 0) is 13.5 Å². The van der Waals surface area contributed by atoms with Gasteiger partial charge < -0.3 is 10.8 Å². The lowest BCUT2D eigenvalue weighted by Gasteiger charge is -2.32. The van der Waals surface area contributed by atoms with E-state index < -0.39 is 11.6 Å². The van der Waals surface area contributed by atoms with Gasteiger partial charge in [-0.1, -0.05) is 39.0 Å². The maximum Gasteiger partial charge on any atom is 0.238 e. The highest BCUT2D eigenvalue weighted by Gasteiger charge is 2.47. The summed E-state index contributed by atoms with van der Waals surface area (Å²) in [6, 6.07) is 0. The number of hydrogen-bond donors (Lipinski definition) is 2. The molecule has 1 aliphatic rings. The third kappa shape index (κ3) is 3.42. The molecule has 1 fully saturated rings. The Bertz CT molecular complexity index is 258. The van der Waals surface area contributed by atoms with E-state index in [9.17, 15) is 9.90 Å². The molecule has 2 atom stereocenters. The number of likely N-dealkylation sites (tertiary alicyclic amines) is 1. The zero-order chi connectivity index (χ0) is 12.9. The minimum absolute atomic E-state index is 0.285. The zero-order valence-corrected chi connectivity index (χ0v) is 11.1. The van der Waals surface area contributed by atoms with E-state index in [2.05, 4.69) is 6.92 Å². The van der Waals surface area contributed by atoms with Crippen molar-refractivity contribution in [2.75, 3.05) is 13.6 Å². The molecule has 0 saturated carbocycles. The van der Waals surface area contributed by atoms with Gasteiger partial charge in [0.25, 0.3) is 0 Å². The van der Waals surface area contributed by atoms with Gasteiger partial charge in [-0.15, -0.1) is 0 Å². The predicted octanol–water partition coefficient (Wildman–Crippen LogP) is 1.27. The second-order valence-corrected chi connectivity index (χ2v) is 5.30. The second-order valence-electron chi connectivity index (χ2n) is 5.30. The normalized spacial score (nSPS) is 29.7. The number of carbonyl (C=O) groups is 1. The summed E-state index contributed by atoms with van der Waals surface area (Å²) in [4.78, 5) is 13.6. The van der Waals surface area contributed by atoms with Gasteiger partial charge in [0, 0.05) is 13.0 Å². The molecule has 0 spiro atoms. The number of amides is 1. The van der Waals surface area contributed by atoms with E-state index >= 15 is 0 Å². The number of aliphatic hydroxyl groups excluding tert-OH is 1. The molecule has 1 aliphatic heterocycles. The molecule has 0 radical (unpaired) electrons. The first kappa shape index (κ1) is 14.5. The minimum Gasteiger partial charge on any atom is -0.392 e. The number of β-amino-alcohol motifs (C(OH)–C–C–N with tert-alkyl or cyclic N) is 1. The number of rotatable bonds is 7. The molecule has 17 heavy (non-hydrogen) atoms. The Morgan fingerprint density at radius 1 is 1.41 bits per heavy atom. The number of likely N-dealkylation sites (N-methyl/N-ethyl adjacent to an activating group) is 1. The van der Waals surface area contributed by atoms with Crippen molar-refractivity contribution in [2.45, 2.75) is 63.5 Å². The lowest BCUT2D eigenvalue weighted by molar-refractivity contribution is -0.128. The highest BCUT2D eigenvalue weighted by atomic mass is 16.3. The molecule has 2 unspecified atom stereocenters. The summed E-state index contributed by atoms with van der Waals surface area (Å²) in [7, 11) is 1.88. The van der Waals surface area contributed by atoms with Crippen molar-refractivity contribution in [2.24, 2.45) is 5.73 Å². The highest BCUT2D eigenvalue weighted by Crippen LogP contribution is 2.33. The summed E-state index contributed by atoms with van der Waals surface area (Å²) in [6.07, 6.45) is 6.71. The van der Waals surface area contributed by atoms with Crippen molar-refractivity contribution in [3.63, 3.8) is 0 Å². The summed E-state index contributed by atoms with van der Waals surface area (Å²) in [5.74, 6) is -0.285. The third-order valence-electron chi connectivity index (χ3n) is 3.94. The number of hydrogen-bond acceptors (Lipinski definition) is 3. The van der Waals surface area contributed by atoms with Gasteiger partial charge in [0.05, 0.1) is 6.10 Å². The van der Waals surface area contributed by atoms with Gasteiger partial charge in [-0.3, -0.25) is 9.69 Å². The van der Waals surface area contributed by atoms with E-state index in [1.165, 1.54) is 19.3 Å². The fourth-order valence-corrected chi connectivity index (χ4v) is 2.83. The lowest BCUT2D eigenvalue weighted by Crippen LogP contribution is -2.52. The van der Waals surface area contributed by atoms with Crippen LogP contribution in [0.2, 0.25) is 0 Å². The van der Waals surface area contributed by atoms with Crippen molar-refractivity contribution in [1.29, 1.82) is 0 Å². The maximum absolute atomic E-state index is 11.7. The molecule has 1 rings (SSSR count). The van der Waals surface area contributed by atoms with Gasteiger partial charge in [-0.25, -0.2) is 0 Å². The van der Waals surface area contributed by atoms with Crippen LogP contribution in [0.25, 0.3) is 0 Å². The van der Waals surface area contributed by atoms with Crippen LogP contribution in [0, 0.1) is 0 Å². The van der Waals surface area contributed by atoms with E-state index in [4.69, 9.17) is 5.73 Å². The molecular formula is C13H26N2O2. The van der Waals surface area contributed by atoms with Gasteiger partial charge in [-0.2, -0.15) is 0 Å². The molecular weight excluding hydrogens is 216 g/mol. The Hall–Kier alpha value is -0.610. The molecule has 0 aromatic carbocycles. The fourth-order valence-electron chi connectivity index (χ4n) is 2.83. The van der Waals surface area contributed by atoms with E-state index in [1.54, 1.807) is 0 Å². The Morgan fingerprint density at radius 3 is 2.53 bits per heavy atom. The van der Waals surface area contributed by atoms with Crippen LogP contribution in [0.15, 0.2) is 0 Å². The molecule has 3 N–H and O–H groups in total. The van der Waals surface area contributed by atoms with E-state index in [1.807, 2.05) is 11.9 Å². The molecule has 0 aliphatic carbocycles. The first-order chi connectivity index (χ1) is 8.03. The molecule has 0 bridgehead atoms. The molecule has 4 nitrogen and oxygen atoms in total. The lowest BCUT2D eigenvalue weighted by atomic mass is 9.88. The van der Waals surface area contributed by atoms with Crippen LogP contribution in [0.3, 0.4) is 0 Å². The second kappa shape index (κ2) is 6.36. The van der Waals surface area contributed by atoms with Gasteiger partial charge in [0.1, 0.15) is 5.54 Å². The van der Waals surface area contributed by atoms with E-state index in [-0.39, 0.29) is 5.91 Å². The van der Waals surface area contributed by atoms with Gasteiger partial charge in [0.15, 0.2) is 0 Å². The largest absolute Gasteiger partial charge is 0.392 e. The van der Waals surface area contributed by atoms with E-state index in [0.717, 1.165) is 19.3 Å². The number of unbranched alkanes of at least 4 members (excludes halogenated alkanes) is 4. The molecule has 100 valence electrons. The van der Waals surface area contributed by atoms with Gasteiger partial charge >= 0.3 is 0 Å². The Balaban J connectivity index is 2.47. The van der Waals surface area contributed by atoms with Crippen LogP contribution in [0.4, 0.5) is 0 Å². The maximum atomic E-state index is 11.7. The number of carbonyl (C=O) groups excluding carboxylic acids is 1. The smallest absolute Gasteiger partial charge is 0.238 e. The summed E-state index contributed by atoms with van der Waals surface area (Å²) in [5.41, 5.74) is 4.93. The first-order valence-corrected chi connectivity index (χ1v) is 6.72. The number of nitrogens with zero attached hydrogens (tertiary/aromatic N) is 1. The Labute approximate surface area is 104 Å². The van der Waals surface area contributed by atoms with Crippen molar-refractivity contribution < 1.29 is 9.90 Å². The average Bonchev–Trinajstić information content (AvgIpc) is 2.54.